The van der Waals surface area contributed by atoms with Crippen LogP contribution in [0.1, 0.15) is 86.5 Å². The van der Waals surface area contributed by atoms with E-state index in [0.29, 0.717) is 22.7 Å². The van der Waals surface area contributed by atoms with Crippen LogP contribution in [0.3, 0.4) is 0 Å². The molecule has 0 saturated heterocycles. The number of hydrogen-bond acceptors (Lipinski definition) is 2. The normalized spacial score (nSPS) is 44.5. The van der Waals surface area contributed by atoms with E-state index in [2.05, 4.69) is 34.6 Å². The van der Waals surface area contributed by atoms with Crippen molar-refractivity contribution in [3.63, 3.8) is 0 Å². The topological polar surface area (TPSA) is 26.3 Å². The summed E-state index contributed by atoms with van der Waals surface area (Å²) in [6, 6.07) is 0. The van der Waals surface area contributed by atoms with E-state index in [-0.39, 0.29) is 12.1 Å². The van der Waals surface area contributed by atoms with Gasteiger partial charge in [-0.05, 0) is 73.0 Å². The summed E-state index contributed by atoms with van der Waals surface area (Å²) in [5.41, 5.74) is 0.997. The van der Waals surface area contributed by atoms with E-state index >= 15 is 0 Å². The summed E-state index contributed by atoms with van der Waals surface area (Å²) >= 11 is 0. The first kappa shape index (κ1) is 18.3. The van der Waals surface area contributed by atoms with Crippen LogP contribution in [0.25, 0.3) is 0 Å². The summed E-state index contributed by atoms with van der Waals surface area (Å²) < 4.78 is 5.79. The van der Waals surface area contributed by atoms with Crippen molar-refractivity contribution < 1.29 is 9.53 Å². The highest BCUT2D eigenvalue weighted by molar-refractivity contribution is 5.66. The first-order valence-electron chi connectivity index (χ1n) is 10.3. The predicted octanol–water partition coefficient (Wildman–Crippen LogP) is 5.84. The Bertz CT molecular complexity index is 480. The summed E-state index contributed by atoms with van der Waals surface area (Å²) in [7, 11) is 0. The lowest BCUT2D eigenvalue weighted by molar-refractivity contribution is -0.173. The van der Waals surface area contributed by atoms with Crippen LogP contribution >= 0.6 is 0 Å². The van der Waals surface area contributed by atoms with Crippen LogP contribution in [0, 0.1) is 40.4 Å². The number of carbonyl (C=O) groups excluding carboxylic acids is 1. The molecule has 24 heavy (non-hydrogen) atoms. The molecule has 0 radical (unpaired) electrons. The quantitative estimate of drug-likeness (QED) is 0.593. The average Bonchev–Trinajstić information content (AvgIpc) is 2.44. The molecule has 0 aromatic heterocycles. The fourth-order valence-corrected chi connectivity index (χ4v) is 7.47. The van der Waals surface area contributed by atoms with Crippen LogP contribution in [-0.4, -0.2) is 12.1 Å². The van der Waals surface area contributed by atoms with E-state index < -0.39 is 0 Å². The molecule has 3 rings (SSSR count). The summed E-state index contributed by atoms with van der Waals surface area (Å²) in [5.74, 6) is 3.50. The second kappa shape index (κ2) is 6.32. The van der Waals surface area contributed by atoms with E-state index in [1.54, 1.807) is 6.92 Å². The maximum Gasteiger partial charge on any atom is 0.302 e. The highest BCUT2D eigenvalue weighted by Gasteiger charge is 2.58. The molecular formula is C22H38O2. The van der Waals surface area contributed by atoms with Crippen LogP contribution in [0.15, 0.2) is 0 Å². The maximum absolute atomic E-state index is 11.6. The number of carbonyl (C=O) groups is 1. The Kier molecular flexibility index (Phi) is 4.81. The van der Waals surface area contributed by atoms with Crippen molar-refractivity contribution in [2.45, 2.75) is 92.6 Å². The largest absolute Gasteiger partial charge is 0.462 e. The lowest BCUT2D eigenvalue weighted by atomic mass is 9.43. The van der Waals surface area contributed by atoms with E-state index in [4.69, 9.17) is 4.74 Å². The third kappa shape index (κ3) is 2.92. The number of rotatable bonds is 2. The fraction of sp³-hybridized carbons (Fsp3) is 0.955. The highest BCUT2D eigenvalue weighted by Crippen LogP contribution is 2.65. The molecule has 138 valence electrons. The van der Waals surface area contributed by atoms with Gasteiger partial charge < -0.3 is 4.74 Å². The third-order valence-electron chi connectivity index (χ3n) is 8.20. The van der Waals surface area contributed by atoms with Crippen LogP contribution in [0.5, 0.6) is 0 Å². The van der Waals surface area contributed by atoms with Gasteiger partial charge in [0.05, 0.1) is 0 Å². The van der Waals surface area contributed by atoms with Crippen molar-refractivity contribution in [1.82, 2.24) is 0 Å². The molecule has 0 aromatic carbocycles. The predicted molar refractivity (Wildman–Crippen MR) is 98.6 cm³/mol. The Morgan fingerprint density at radius 2 is 1.75 bits per heavy atom. The van der Waals surface area contributed by atoms with E-state index in [1.165, 1.54) is 38.5 Å². The lowest BCUT2D eigenvalue weighted by Crippen LogP contribution is -2.56. The minimum Gasteiger partial charge on any atom is -0.462 e. The summed E-state index contributed by atoms with van der Waals surface area (Å²) in [6.07, 6.45) is 9.40. The van der Waals surface area contributed by atoms with Gasteiger partial charge in [-0.15, -0.1) is 0 Å². The number of hydrogen-bond donors (Lipinski definition) is 0. The molecule has 3 aliphatic rings. The second-order valence-electron chi connectivity index (χ2n) is 10.3. The highest BCUT2D eigenvalue weighted by atomic mass is 16.5. The fourth-order valence-electron chi connectivity index (χ4n) is 7.47. The molecule has 3 aliphatic carbocycles. The Balaban J connectivity index is 1.89. The standard InChI is InChI=1S/C22H38O2/c1-14(2)20-16-8-11-19-21(4,5)12-7-13-22(19,6)17(16)9-10-18(20)24-15(3)23/h14,16-20H,7-13H2,1-6H3/t16?,17?,18?,19?,20?,22-/m0/s1. The zero-order valence-corrected chi connectivity index (χ0v) is 16.7. The van der Waals surface area contributed by atoms with Crippen molar-refractivity contribution in [3.05, 3.63) is 0 Å². The molecule has 6 atom stereocenters. The van der Waals surface area contributed by atoms with Gasteiger partial charge in [-0.25, -0.2) is 0 Å². The molecule has 0 heterocycles. The van der Waals surface area contributed by atoms with Gasteiger partial charge in [0.1, 0.15) is 6.10 Å². The van der Waals surface area contributed by atoms with E-state index in [9.17, 15) is 4.79 Å². The monoisotopic (exact) mass is 334 g/mol. The van der Waals surface area contributed by atoms with Crippen molar-refractivity contribution in [1.29, 1.82) is 0 Å². The van der Waals surface area contributed by atoms with Crippen molar-refractivity contribution >= 4 is 5.97 Å². The minimum absolute atomic E-state index is 0.0946. The Hall–Kier alpha value is -0.530. The minimum atomic E-state index is -0.0946. The van der Waals surface area contributed by atoms with E-state index in [0.717, 1.165) is 24.2 Å². The molecule has 0 aromatic rings. The van der Waals surface area contributed by atoms with Crippen LogP contribution in [0.2, 0.25) is 0 Å². The lowest BCUT2D eigenvalue weighted by Gasteiger charge is -2.62. The molecule has 3 saturated carbocycles. The van der Waals surface area contributed by atoms with Crippen LogP contribution in [0.4, 0.5) is 0 Å². The van der Waals surface area contributed by atoms with Crippen molar-refractivity contribution in [2.24, 2.45) is 40.4 Å². The van der Waals surface area contributed by atoms with Crippen molar-refractivity contribution in [3.8, 4) is 0 Å². The molecule has 3 fully saturated rings. The zero-order valence-electron chi connectivity index (χ0n) is 16.7. The molecule has 0 spiro atoms. The van der Waals surface area contributed by atoms with Gasteiger partial charge in [0.25, 0.3) is 0 Å². The SMILES string of the molecule is CC(=O)OC1CCC2C(CCC3C(C)(C)CCC[C@@]23C)C1C(C)C. The molecule has 0 bridgehead atoms. The molecule has 5 unspecified atom stereocenters. The van der Waals surface area contributed by atoms with Gasteiger partial charge in [0.2, 0.25) is 0 Å². The van der Waals surface area contributed by atoms with Gasteiger partial charge in [-0.2, -0.15) is 0 Å². The second-order valence-corrected chi connectivity index (χ2v) is 10.3. The first-order chi connectivity index (χ1) is 11.2. The van der Waals surface area contributed by atoms with Gasteiger partial charge in [0, 0.05) is 12.8 Å². The molecule has 2 heteroatoms. The summed E-state index contributed by atoms with van der Waals surface area (Å²) in [5, 5.41) is 0. The molecule has 0 amide bonds. The number of esters is 1. The third-order valence-corrected chi connectivity index (χ3v) is 8.20. The number of ether oxygens (including phenoxy) is 1. The molecule has 2 nitrogen and oxygen atoms in total. The zero-order chi connectivity index (χ0) is 17.7. The van der Waals surface area contributed by atoms with Crippen LogP contribution < -0.4 is 0 Å². The van der Waals surface area contributed by atoms with Gasteiger partial charge >= 0.3 is 5.97 Å². The van der Waals surface area contributed by atoms with E-state index in [1.807, 2.05) is 0 Å². The maximum atomic E-state index is 11.6. The van der Waals surface area contributed by atoms with Gasteiger partial charge in [-0.1, -0.05) is 41.0 Å². The van der Waals surface area contributed by atoms with Gasteiger partial charge in [0.15, 0.2) is 0 Å². The average molecular weight is 335 g/mol. The Labute approximate surface area is 149 Å². The first-order valence-corrected chi connectivity index (χ1v) is 10.3. The van der Waals surface area contributed by atoms with Gasteiger partial charge in [-0.3, -0.25) is 4.79 Å². The molecule has 0 N–H and O–H groups in total. The van der Waals surface area contributed by atoms with Crippen molar-refractivity contribution in [2.75, 3.05) is 0 Å². The summed E-state index contributed by atoms with van der Waals surface area (Å²) in [6.45, 7) is 13.9. The smallest absolute Gasteiger partial charge is 0.302 e. The van der Waals surface area contributed by atoms with Crippen LogP contribution in [-0.2, 0) is 9.53 Å². The summed E-state index contributed by atoms with van der Waals surface area (Å²) in [4.78, 5) is 11.6. The molecular weight excluding hydrogens is 296 g/mol. The number of fused-ring (bicyclic) bond motifs is 3. The Morgan fingerprint density at radius 3 is 2.38 bits per heavy atom. The molecule has 0 aliphatic heterocycles. The Morgan fingerprint density at radius 1 is 1.04 bits per heavy atom.